The molecule has 2 unspecified atom stereocenters. The Kier molecular flexibility index (Phi) is 2.13. The molecule has 80 valence electrons. The van der Waals surface area contributed by atoms with Crippen molar-refractivity contribution in [3.63, 3.8) is 0 Å². The van der Waals surface area contributed by atoms with Crippen LogP contribution in [0.3, 0.4) is 0 Å². The Morgan fingerprint density at radius 3 is 3.20 bits per heavy atom. The minimum Gasteiger partial charge on any atom is -0.382 e. The molecule has 2 aliphatic rings. The maximum atomic E-state index is 13.1. The Hall–Kier alpha value is -1.09. The summed E-state index contributed by atoms with van der Waals surface area (Å²) in [7, 11) is 0. The van der Waals surface area contributed by atoms with Gasteiger partial charge in [-0.2, -0.15) is 0 Å². The Labute approximate surface area is 88.9 Å². The molecule has 2 heterocycles. The lowest BCUT2D eigenvalue weighted by molar-refractivity contribution is 0.333. The molecular formula is C12H15FN2. The minimum absolute atomic E-state index is 0.127. The van der Waals surface area contributed by atoms with E-state index in [1.165, 1.54) is 12.5 Å². The van der Waals surface area contributed by atoms with Crippen molar-refractivity contribution < 1.29 is 4.39 Å². The number of benzene rings is 1. The summed E-state index contributed by atoms with van der Waals surface area (Å²) >= 11 is 0. The van der Waals surface area contributed by atoms with Gasteiger partial charge in [0.05, 0.1) is 0 Å². The highest BCUT2D eigenvalue weighted by Gasteiger charge is 2.29. The lowest BCUT2D eigenvalue weighted by Crippen LogP contribution is -2.47. The predicted molar refractivity (Wildman–Crippen MR) is 58.5 cm³/mol. The molecule has 2 atom stereocenters. The van der Waals surface area contributed by atoms with Crippen LogP contribution < -0.4 is 10.6 Å². The average Bonchev–Trinajstić information content (AvgIpc) is 2.26. The van der Waals surface area contributed by atoms with Crippen LogP contribution >= 0.6 is 0 Å². The molecule has 2 nitrogen and oxygen atoms in total. The fraction of sp³-hybridized carbons (Fsp3) is 0.500. The van der Waals surface area contributed by atoms with E-state index >= 15 is 0 Å². The Morgan fingerprint density at radius 1 is 1.33 bits per heavy atom. The highest BCUT2D eigenvalue weighted by atomic mass is 19.1. The molecule has 2 N–H and O–H groups in total. The third-order valence-electron chi connectivity index (χ3n) is 3.50. The zero-order valence-corrected chi connectivity index (χ0v) is 8.59. The van der Waals surface area contributed by atoms with E-state index in [1.54, 1.807) is 6.07 Å². The standard InChI is InChI=1S/C12H15FN2/c13-10-1-2-11-8(6-10)5-9-7-14-4-3-12(9)15-11/h1-2,6,9,12,14-15H,3-5,7H2. The number of anilines is 1. The fourth-order valence-electron chi connectivity index (χ4n) is 2.68. The van der Waals surface area contributed by atoms with Gasteiger partial charge in [-0.25, -0.2) is 4.39 Å². The summed E-state index contributed by atoms with van der Waals surface area (Å²) in [6, 6.07) is 5.63. The number of rotatable bonds is 0. The largest absolute Gasteiger partial charge is 0.382 e. The van der Waals surface area contributed by atoms with Gasteiger partial charge >= 0.3 is 0 Å². The van der Waals surface area contributed by atoms with Crippen LogP contribution in [0.4, 0.5) is 10.1 Å². The molecule has 0 amide bonds. The first-order chi connectivity index (χ1) is 7.33. The van der Waals surface area contributed by atoms with Crippen molar-refractivity contribution >= 4 is 5.69 Å². The Balaban J connectivity index is 1.92. The molecule has 0 radical (unpaired) electrons. The van der Waals surface area contributed by atoms with Gasteiger partial charge in [0, 0.05) is 18.3 Å². The normalized spacial score (nSPS) is 28.9. The molecule has 2 aliphatic heterocycles. The van der Waals surface area contributed by atoms with Crippen LogP contribution in [0.25, 0.3) is 0 Å². The molecule has 0 aliphatic carbocycles. The van der Waals surface area contributed by atoms with Crippen LogP contribution in [0.5, 0.6) is 0 Å². The van der Waals surface area contributed by atoms with Crippen molar-refractivity contribution in [2.24, 2.45) is 5.92 Å². The summed E-state index contributed by atoms with van der Waals surface area (Å²) in [5.41, 5.74) is 2.25. The monoisotopic (exact) mass is 206 g/mol. The van der Waals surface area contributed by atoms with Gasteiger partial charge in [0.25, 0.3) is 0 Å². The molecular weight excluding hydrogens is 191 g/mol. The number of hydrogen-bond acceptors (Lipinski definition) is 2. The molecule has 0 aromatic heterocycles. The SMILES string of the molecule is Fc1ccc2c(c1)CC1CNCCC1N2. The Bertz CT molecular complexity index is 378. The number of halogens is 1. The fourth-order valence-corrected chi connectivity index (χ4v) is 2.68. The van der Waals surface area contributed by atoms with Crippen molar-refractivity contribution in [3.05, 3.63) is 29.6 Å². The van der Waals surface area contributed by atoms with Crippen LogP contribution in [0.2, 0.25) is 0 Å². The van der Waals surface area contributed by atoms with Crippen molar-refractivity contribution in [1.82, 2.24) is 5.32 Å². The molecule has 0 spiro atoms. The lowest BCUT2D eigenvalue weighted by Gasteiger charge is -2.38. The van der Waals surface area contributed by atoms with Crippen LogP contribution in [0.15, 0.2) is 18.2 Å². The van der Waals surface area contributed by atoms with E-state index in [0.29, 0.717) is 12.0 Å². The first-order valence-corrected chi connectivity index (χ1v) is 5.58. The van der Waals surface area contributed by atoms with Crippen molar-refractivity contribution in [2.75, 3.05) is 18.4 Å². The molecule has 0 saturated carbocycles. The van der Waals surface area contributed by atoms with E-state index in [0.717, 1.165) is 30.8 Å². The van der Waals surface area contributed by atoms with Crippen LogP contribution in [0, 0.1) is 11.7 Å². The number of nitrogens with one attached hydrogen (secondary N) is 2. The van der Waals surface area contributed by atoms with Gasteiger partial charge in [-0.1, -0.05) is 0 Å². The minimum atomic E-state index is -0.127. The van der Waals surface area contributed by atoms with Gasteiger partial charge in [0.1, 0.15) is 5.82 Å². The van der Waals surface area contributed by atoms with Crippen LogP contribution in [-0.2, 0) is 6.42 Å². The van der Waals surface area contributed by atoms with Crippen molar-refractivity contribution in [3.8, 4) is 0 Å². The second-order valence-electron chi connectivity index (χ2n) is 4.51. The molecule has 1 aromatic rings. The van der Waals surface area contributed by atoms with Gasteiger partial charge in [0.2, 0.25) is 0 Å². The molecule has 0 bridgehead atoms. The molecule has 15 heavy (non-hydrogen) atoms. The van der Waals surface area contributed by atoms with E-state index in [2.05, 4.69) is 10.6 Å². The second-order valence-corrected chi connectivity index (χ2v) is 4.51. The molecule has 1 fully saturated rings. The summed E-state index contributed by atoms with van der Waals surface area (Å²) in [5, 5.41) is 6.92. The highest BCUT2D eigenvalue weighted by Crippen LogP contribution is 2.31. The summed E-state index contributed by atoms with van der Waals surface area (Å²) in [4.78, 5) is 0. The zero-order chi connectivity index (χ0) is 10.3. The van der Waals surface area contributed by atoms with Crippen molar-refractivity contribution in [1.29, 1.82) is 0 Å². The van der Waals surface area contributed by atoms with E-state index in [4.69, 9.17) is 0 Å². The first kappa shape index (κ1) is 9.16. The average molecular weight is 206 g/mol. The third kappa shape index (κ3) is 1.61. The van der Waals surface area contributed by atoms with Gasteiger partial charge in [-0.3, -0.25) is 0 Å². The van der Waals surface area contributed by atoms with Gasteiger partial charge < -0.3 is 10.6 Å². The van der Waals surface area contributed by atoms with Gasteiger partial charge in [0.15, 0.2) is 0 Å². The summed E-state index contributed by atoms with van der Waals surface area (Å²) in [6.07, 6.45) is 2.17. The van der Waals surface area contributed by atoms with E-state index in [-0.39, 0.29) is 5.82 Å². The topological polar surface area (TPSA) is 24.1 Å². The van der Waals surface area contributed by atoms with Crippen molar-refractivity contribution in [2.45, 2.75) is 18.9 Å². The summed E-state index contributed by atoms with van der Waals surface area (Å²) in [6.45, 7) is 2.14. The highest BCUT2D eigenvalue weighted by molar-refractivity contribution is 5.54. The van der Waals surface area contributed by atoms with Crippen LogP contribution in [-0.4, -0.2) is 19.1 Å². The van der Waals surface area contributed by atoms with Gasteiger partial charge in [-0.15, -0.1) is 0 Å². The maximum Gasteiger partial charge on any atom is 0.123 e. The second kappa shape index (κ2) is 3.49. The molecule has 1 saturated heterocycles. The van der Waals surface area contributed by atoms with E-state index < -0.39 is 0 Å². The Morgan fingerprint density at radius 2 is 2.27 bits per heavy atom. The number of hydrogen-bond donors (Lipinski definition) is 2. The third-order valence-corrected chi connectivity index (χ3v) is 3.50. The van der Waals surface area contributed by atoms with E-state index in [1.807, 2.05) is 6.07 Å². The number of fused-ring (bicyclic) bond motifs is 2. The number of piperidine rings is 1. The summed E-state index contributed by atoms with van der Waals surface area (Å²) < 4.78 is 13.1. The van der Waals surface area contributed by atoms with Gasteiger partial charge in [-0.05, 0) is 49.1 Å². The molecule has 3 heteroatoms. The maximum absolute atomic E-state index is 13.1. The quantitative estimate of drug-likeness (QED) is 0.676. The molecule has 3 rings (SSSR count). The lowest BCUT2D eigenvalue weighted by atomic mass is 9.83. The van der Waals surface area contributed by atoms with Crippen LogP contribution in [0.1, 0.15) is 12.0 Å². The first-order valence-electron chi connectivity index (χ1n) is 5.58. The molecule has 1 aromatic carbocycles. The zero-order valence-electron chi connectivity index (χ0n) is 8.59. The smallest absolute Gasteiger partial charge is 0.123 e. The predicted octanol–water partition coefficient (Wildman–Crippen LogP) is 1.77. The van der Waals surface area contributed by atoms with E-state index in [9.17, 15) is 4.39 Å². The summed E-state index contributed by atoms with van der Waals surface area (Å²) in [5.74, 6) is 0.491.